The van der Waals surface area contributed by atoms with Crippen molar-refractivity contribution in [1.29, 1.82) is 0 Å². The van der Waals surface area contributed by atoms with Crippen LogP contribution in [-0.4, -0.2) is 43.6 Å². The molecule has 0 unspecified atom stereocenters. The smallest absolute Gasteiger partial charge is 0.335 e. The molecule has 28 heavy (non-hydrogen) atoms. The van der Waals surface area contributed by atoms with Crippen LogP contribution in [0, 0.1) is 6.92 Å². The standard InChI is InChI=1S/C22H24N4O2/c1-16-4-6-17(7-5-16)21-3-2-10-26(21)12-11-25-14-20(24-15-25)19-13-18(22(27)28)8-9-23-19/h4-9,13-15,21H,2-3,10-12H2,1H3,(H,27,28)/t21-/m0/s1. The lowest BCUT2D eigenvalue weighted by molar-refractivity contribution is 0.0697. The highest BCUT2D eigenvalue weighted by Crippen LogP contribution is 2.31. The highest BCUT2D eigenvalue weighted by Gasteiger charge is 2.25. The maximum atomic E-state index is 11.1. The van der Waals surface area contributed by atoms with Crippen LogP contribution in [0.15, 0.2) is 55.1 Å². The molecule has 1 atom stereocenters. The lowest BCUT2D eigenvalue weighted by Crippen LogP contribution is -2.27. The minimum Gasteiger partial charge on any atom is -0.478 e. The van der Waals surface area contributed by atoms with Crippen LogP contribution in [0.3, 0.4) is 0 Å². The van der Waals surface area contributed by atoms with Crippen molar-refractivity contribution in [2.24, 2.45) is 0 Å². The molecule has 1 N–H and O–H groups in total. The number of carboxylic acid groups (broad SMARTS) is 1. The van der Waals surface area contributed by atoms with Crippen molar-refractivity contribution in [3.8, 4) is 11.4 Å². The number of imidazole rings is 1. The van der Waals surface area contributed by atoms with Crippen molar-refractivity contribution in [1.82, 2.24) is 19.4 Å². The predicted octanol–water partition coefficient (Wildman–Crippen LogP) is 3.79. The third kappa shape index (κ3) is 3.97. The Morgan fingerprint density at radius 3 is 2.75 bits per heavy atom. The van der Waals surface area contributed by atoms with Crippen molar-refractivity contribution in [2.75, 3.05) is 13.1 Å². The van der Waals surface area contributed by atoms with Crippen molar-refractivity contribution in [2.45, 2.75) is 32.4 Å². The zero-order chi connectivity index (χ0) is 19.5. The van der Waals surface area contributed by atoms with E-state index < -0.39 is 5.97 Å². The predicted molar refractivity (Wildman–Crippen MR) is 107 cm³/mol. The fourth-order valence-corrected chi connectivity index (χ4v) is 3.82. The van der Waals surface area contributed by atoms with Gasteiger partial charge in [0.05, 0.1) is 17.6 Å². The van der Waals surface area contributed by atoms with Crippen molar-refractivity contribution < 1.29 is 9.90 Å². The van der Waals surface area contributed by atoms with Gasteiger partial charge < -0.3 is 9.67 Å². The highest BCUT2D eigenvalue weighted by molar-refractivity contribution is 5.88. The molecule has 6 nitrogen and oxygen atoms in total. The summed E-state index contributed by atoms with van der Waals surface area (Å²) in [7, 11) is 0. The quantitative estimate of drug-likeness (QED) is 0.709. The third-order valence-corrected chi connectivity index (χ3v) is 5.37. The van der Waals surface area contributed by atoms with Crippen molar-refractivity contribution in [3.63, 3.8) is 0 Å². The van der Waals surface area contributed by atoms with Crippen LogP contribution in [0.5, 0.6) is 0 Å². The molecular weight excluding hydrogens is 352 g/mol. The summed E-state index contributed by atoms with van der Waals surface area (Å²) in [6.07, 6.45) is 7.66. The average Bonchev–Trinajstić information content (AvgIpc) is 3.36. The fraction of sp³-hybridized carbons (Fsp3) is 0.318. The van der Waals surface area contributed by atoms with E-state index in [2.05, 4.69) is 50.6 Å². The number of benzene rings is 1. The molecule has 1 fully saturated rings. The summed E-state index contributed by atoms with van der Waals surface area (Å²) in [6, 6.07) is 12.4. The summed E-state index contributed by atoms with van der Waals surface area (Å²) >= 11 is 0. The largest absolute Gasteiger partial charge is 0.478 e. The van der Waals surface area contributed by atoms with E-state index in [1.54, 1.807) is 12.4 Å². The molecule has 0 spiro atoms. The van der Waals surface area contributed by atoms with Gasteiger partial charge in [-0.1, -0.05) is 29.8 Å². The monoisotopic (exact) mass is 376 g/mol. The van der Waals surface area contributed by atoms with E-state index in [9.17, 15) is 4.79 Å². The van der Waals surface area contributed by atoms with Crippen LogP contribution in [0.2, 0.25) is 0 Å². The third-order valence-electron chi connectivity index (χ3n) is 5.37. The molecule has 1 aliphatic heterocycles. The zero-order valence-corrected chi connectivity index (χ0v) is 16.0. The summed E-state index contributed by atoms with van der Waals surface area (Å²) in [5.41, 5.74) is 4.18. The van der Waals surface area contributed by atoms with Gasteiger partial charge in [0.1, 0.15) is 5.69 Å². The van der Waals surface area contributed by atoms with E-state index in [4.69, 9.17) is 5.11 Å². The van der Waals surface area contributed by atoms with Crippen LogP contribution < -0.4 is 0 Å². The maximum absolute atomic E-state index is 11.1. The first-order valence-electron chi connectivity index (χ1n) is 9.62. The van der Waals surface area contributed by atoms with Crippen molar-refractivity contribution in [3.05, 3.63) is 71.8 Å². The molecule has 144 valence electrons. The summed E-state index contributed by atoms with van der Waals surface area (Å²) in [6.45, 7) is 5.03. The molecule has 0 aliphatic carbocycles. The van der Waals surface area contributed by atoms with Gasteiger partial charge >= 0.3 is 5.97 Å². The van der Waals surface area contributed by atoms with E-state index >= 15 is 0 Å². The van der Waals surface area contributed by atoms with E-state index in [1.807, 2.05) is 6.20 Å². The van der Waals surface area contributed by atoms with Gasteiger partial charge in [0, 0.05) is 31.5 Å². The Morgan fingerprint density at radius 2 is 1.96 bits per heavy atom. The molecule has 3 aromatic rings. The Kier molecular flexibility index (Phi) is 5.21. The molecule has 6 heteroatoms. The number of rotatable bonds is 6. The number of likely N-dealkylation sites (tertiary alicyclic amines) is 1. The maximum Gasteiger partial charge on any atom is 0.335 e. The Hall–Kier alpha value is -2.99. The average molecular weight is 376 g/mol. The molecule has 4 rings (SSSR count). The first kappa shape index (κ1) is 18.4. The topological polar surface area (TPSA) is 71.2 Å². The number of aryl methyl sites for hydroxylation is 1. The Labute approximate surface area is 164 Å². The zero-order valence-electron chi connectivity index (χ0n) is 16.0. The molecule has 1 aromatic carbocycles. The number of carboxylic acids is 1. The van der Waals surface area contributed by atoms with Gasteiger partial charge in [-0.15, -0.1) is 0 Å². The van der Waals surface area contributed by atoms with Gasteiger partial charge in [-0.3, -0.25) is 9.88 Å². The minimum atomic E-state index is -0.959. The summed E-state index contributed by atoms with van der Waals surface area (Å²) in [5.74, 6) is -0.959. The molecule has 0 amide bonds. The minimum absolute atomic E-state index is 0.220. The summed E-state index contributed by atoms with van der Waals surface area (Å²) in [4.78, 5) is 22.3. The molecule has 2 aromatic heterocycles. The number of nitrogens with zero attached hydrogens (tertiary/aromatic N) is 4. The van der Waals surface area contributed by atoms with Gasteiger partial charge in [0.25, 0.3) is 0 Å². The number of hydrogen-bond donors (Lipinski definition) is 1. The molecule has 0 bridgehead atoms. The normalized spacial score (nSPS) is 17.1. The number of hydrogen-bond acceptors (Lipinski definition) is 4. The number of carbonyl (C=O) groups is 1. The van der Waals surface area contributed by atoms with Crippen LogP contribution in [0.4, 0.5) is 0 Å². The van der Waals surface area contributed by atoms with Crippen LogP contribution in [0.1, 0.15) is 40.4 Å². The van der Waals surface area contributed by atoms with Crippen LogP contribution in [-0.2, 0) is 6.54 Å². The Morgan fingerprint density at radius 1 is 1.14 bits per heavy atom. The molecular formula is C22H24N4O2. The molecule has 0 saturated carbocycles. The molecule has 3 heterocycles. The lowest BCUT2D eigenvalue weighted by Gasteiger charge is -2.25. The number of aromatic carboxylic acids is 1. The second-order valence-corrected chi connectivity index (χ2v) is 7.34. The summed E-state index contributed by atoms with van der Waals surface area (Å²) < 4.78 is 2.05. The SMILES string of the molecule is Cc1ccc([C@@H]2CCCN2CCn2cnc(-c3cc(C(=O)O)ccn3)c2)cc1. The lowest BCUT2D eigenvalue weighted by atomic mass is 10.0. The Bertz CT molecular complexity index is 965. The first-order chi connectivity index (χ1) is 13.6. The first-order valence-corrected chi connectivity index (χ1v) is 9.62. The van der Waals surface area contributed by atoms with E-state index in [0.29, 0.717) is 17.4 Å². The van der Waals surface area contributed by atoms with E-state index in [-0.39, 0.29) is 5.56 Å². The molecule has 1 aliphatic rings. The van der Waals surface area contributed by atoms with Gasteiger partial charge in [0.2, 0.25) is 0 Å². The van der Waals surface area contributed by atoms with Crippen LogP contribution in [0.25, 0.3) is 11.4 Å². The van der Waals surface area contributed by atoms with Gasteiger partial charge in [-0.2, -0.15) is 0 Å². The molecule has 1 saturated heterocycles. The van der Waals surface area contributed by atoms with Crippen molar-refractivity contribution >= 4 is 5.97 Å². The fourth-order valence-electron chi connectivity index (χ4n) is 3.82. The van der Waals surface area contributed by atoms with Gasteiger partial charge in [-0.05, 0) is 44.0 Å². The van der Waals surface area contributed by atoms with Crippen LogP contribution >= 0.6 is 0 Å². The van der Waals surface area contributed by atoms with E-state index in [0.717, 1.165) is 19.6 Å². The van der Waals surface area contributed by atoms with Gasteiger partial charge in [0.15, 0.2) is 0 Å². The Balaban J connectivity index is 1.42. The highest BCUT2D eigenvalue weighted by atomic mass is 16.4. The number of aromatic nitrogens is 3. The summed E-state index contributed by atoms with van der Waals surface area (Å²) in [5, 5.41) is 9.14. The van der Waals surface area contributed by atoms with Gasteiger partial charge in [-0.25, -0.2) is 9.78 Å². The molecule has 0 radical (unpaired) electrons. The van der Waals surface area contributed by atoms with E-state index in [1.165, 1.54) is 36.2 Å². The number of pyridine rings is 1. The second kappa shape index (κ2) is 7.94. The second-order valence-electron chi connectivity index (χ2n) is 7.34.